The lowest BCUT2D eigenvalue weighted by molar-refractivity contribution is -0.128. The van der Waals surface area contributed by atoms with E-state index >= 15 is 0 Å². The molecule has 2 unspecified atom stereocenters. The summed E-state index contributed by atoms with van der Waals surface area (Å²) in [7, 11) is 0. The molecule has 1 aromatic heterocycles. The molecule has 2 bridgehead atoms. The normalized spacial score (nSPS) is 27.6. The largest absolute Gasteiger partial charge is 0.352 e. The van der Waals surface area contributed by atoms with Crippen LogP contribution >= 0.6 is 12.4 Å². The van der Waals surface area contributed by atoms with Crippen LogP contribution in [0.5, 0.6) is 0 Å². The van der Waals surface area contributed by atoms with Gasteiger partial charge in [0.25, 0.3) is 0 Å². The van der Waals surface area contributed by atoms with Crippen molar-refractivity contribution < 1.29 is 4.79 Å². The van der Waals surface area contributed by atoms with Gasteiger partial charge < -0.3 is 16.0 Å². The van der Waals surface area contributed by atoms with Gasteiger partial charge in [-0.3, -0.25) is 9.59 Å². The molecule has 1 amide bonds. The first-order chi connectivity index (χ1) is 12.1. The molecule has 2 saturated carbocycles. The fourth-order valence-electron chi connectivity index (χ4n) is 4.75. The van der Waals surface area contributed by atoms with Crippen molar-refractivity contribution in [1.29, 1.82) is 0 Å². The van der Waals surface area contributed by atoms with Crippen molar-refractivity contribution >= 4 is 29.2 Å². The number of carbonyl (C=O) groups excluding carboxylic acids is 1. The Labute approximate surface area is 159 Å². The van der Waals surface area contributed by atoms with E-state index in [0.717, 1.165) is 42.1 Å². The molecule has 6 heteroatoms. The molecule has 4 N–H and O–H groups in total. The van der Waals surface area contributed by atoms with E-state index in [4.69, 9.17) is 5.73 Å². The Balaban J connectivity index is 0.00000196. The maximum atomic E-state index is 12.7. The zero-order chi connectivity index (χ0) is 17.4. The molecule has 2 fully saturated rings. The van der Waals surface area contributed by atoms with Gasteiger partial charge in [-0.2, -0.15) is 0 Å². The number of H-pyrrole nitrogens is 1. The van der Waals surface area contributed by atoms with Crippen molar-refractivity contribution in [3.05, 3.63) is 46.2 Å². The van der Waals surface area contributed by atoms with Gasteiger partial charge in [0, 0.05) is 35.5 Å². The van der Waals surface area contributed by atoms with Crippen LogP contribution in [0.15, 0.2) is 35.1 Å². The van der Waals surface area contributed by atoms with Crippen molar-refractivity contribution in [3.63, 3.8) is 0 Å². The number of nitrogens with two attached hydrogens (primary N) is 1. The Kier molecular flexibility index (Phi) is 5.68. The number of halogens is 1. The minimum absolute atomic E-state index is 0. The fraction of sp³-hybridized carbons (Fsp3) is 0.500. The minimum Gasteiger partial charge on any atom is -0.352 e. The van der Waals surface area contributed by atoms with Crippen molar-refractivity contribution in [2.24, 2.45) is 23.5 Å². The van der Waals surface area contributed by atoms with Gasteiger partial charge in [-0.05, 0) is 49.1 Å². The summed E-state index contributed by atoms with van der Waals surface area (Å²) in [4.78, 5) is 27.4. The number of aromatic nitrogens is 1. The van der Waals surface area contributed by atoms with Gasteiger partial charge in [0.05, 0.1) is 0 Å². The third-order valence-corrected chi connectivity index (χ3v) is 6.07. The highest BCUT2D eigenvalue weighted by molar-refractivity contribution is 5.85. The van der Waals surface area contributed by atoms with Gasteiger partial charge in [0.1, 0.15) is 0 Å². The predicted molar refractivity (Wildman–Crippen MR) is 105 cm³/mol. The Morgan fingerprint density at radius 1 is 1.19 bits per heavy atom. The summed E-state index contributed by atoms with van der Waals surface area (Å²) in [6.45, 7) is 0.390. The molecule has 2 aromatic rings. The second kappa shape index (κ2) is 7.80. The fourth-order valence-corrected chi connectivity index (χ4v) is 4.75. The van der Waals surface area contributed by atoms with Crippen LogP contribution in [0, 0.1) is 17.8 Å². The molecule has 4 rings (SSSR count). The number of hydrogen-bond acceptors (Lipinski definition) is 3. The molecule has 2 aliphatic rings. The molecule has 0 aliphatic heterocycles. The zero-order valence-corrected chi connectivity index (χ0v) is 15.6. The summed E-state index contributed by atoms with van der Waals surface area (Å²) >= 11 is 0. The topological polar surface area (TPSA) is 88.0 Å². The van der Waals surface area contributed by atoms with Crippen LogP contribution in [-0.2, 0) is 11.3 Å². The quantitative estimate of drug-likeness (QED) is 0.770. The van der Waals surface area contributed by atoms with Gasteiger partial charge in [-0.25, -0.2) is 0 Å². The Bertz CT molecular complexity index is 836. The van der Waals surface area contributed by atoms with Crippen LogP contribution in [-0.4, -0.2) is 16.9 Å². The number of benzene rings is 1. The summed E-state index contributed by atoms with van der Waals surface area (Å²) in [6.07, 6.45) is 5.36. The molecule has 0 saturated heterocycles. The highest BCUT2D eigenvalue weighted by Gasteiger charge is 2.40. The summed E-state index contributed by atoms with van der Waals surface area (Å²) < 4.78 is 0. The van der Waals surface area contributed by atoms with E-state index in [1.165, 1.54) is 6.42 Å². The van der Waals surface area contributed by atoms with Crippen LogP contribution in [0.1, 0.15) is 37.7 Å². The van der Waals surface area contributed by atoms with E-state index < -0.39 is 0 Å². The summed E-state index contributed by atoms with van der Waals surface area (Å²) in [5.41, 5.74) is 7.85. The minimum atomic E-state index is -0.138. The van der Waals surface area contributed by atoms with E-state index in [9.17, 15) is 9.59 Å². The third kappa shape index (κ3) is 3.64. The van der Waals surface area contributed by atoms with E-state index in [0.29, 0.717) is 18.4 Å². The monoisotopic (exact) mass is 375 g/mol. The van der Waals surface area contributed by atoms with Crippen LogP contribution in [0.3, 0.4) is 0 Å². The van der Waals surface area contributed by atoms with Gasteiger partial charge in [0.15, 0.2) is 0 Å². The molecule has 1 heterocycles. The summed E-state index contributed by atoms with van der Waals surface area (Å²) in [5, 5.41) is 4.04. The Morgan fingerprint density at radius 3 is 2.62 bits per heavy atom. The van der Waals surface area contributed by atoms with Gasteiger partial charge in [-0.15, -0.1) is 12.4 Å². The van der Waals surface area contributed by atoms with E-state index in [1.54, 1.807) is 6.07 Å². The lowest BCUT2D eigenvalue weighted by atomic mass is 9.65. The smallest absolute Gasteiger partial charge is 0.248 e. The SMILES string of the molecule is Cl.NC1C2CCCC1CC(C(=O)NCc1cc(=O)[nH]c3ccccc13)C2. The molecule has 1 aromatic carbocycles. The van der Waals surface area contributed by atoms with Crippen LogP contribution < -0.4 is 16.6 Å². The molecule has 0 radical (unpaired) electrons. The van der Waals surface area contributed by atoms with Crippen molar-refractivity contribution in [2.45, 2.75) is 44.7 Å². The van der Waals surface area contributed by atoms with Crippen molar-refractivity contribution in [3.8, 4) is 0 Å². The van der Waals surface area contributed by atoms with E-state index in [2.05, 4.69) is 10.3 Å². The predicted octanol–water partition coefficient (Wildman–Crippen LogP) is 2.72. The average molecular weight is 376 g/mol. The second-order valence-electron chi connectivity index (χ2n) is 7.62. The first-order valence-electron chi connectivity index (χ1n) is 9.26. The maximum Gasteiger partial charge on any atom is 0.248 e. The number of fused-ring (bicyclic) bond motifs is 3. The number of pyridine rings is 1. The highest BCUT2D eigenvalue weighted by Crippen LogP contribution is 2.41. The lowest BCUT2D eigenvalue weighted by Crippen LogP contribution is -2.49. The van der Waals surface area contributed by atoms with Gasteiger partial charge >= 0.3 is 0 Å². The zero-order valence-electron chi connectivity index (χ0n) is 14.7. The van der Waals surface area contributed by atoms with Crippen molar-refractivity contribution in [2.75, 3.05) is 0 Å². The number of amides is 1. The number of carbonyl (C=O) groups is 1. The average Bonchev–Trinajstić information content (AvgIpc) is 2.59. The molecule has 26 heavy (non-hydrogen) atoms. The number of rotatable bonds is 3. The number of para-hydroxylation sites is 1. The van der Waals surface area contributed by atoms with Gasteiger partial charge in [-0.1, -0.05) is 24.6 Å². The molecule has 2 aliphatic carbocycles. The van der Waals surface area contributed by atoms with Crippen molar-refractivity contribution in [1.82, 2.24) is 10.3 Å². The van der Waals surface area contributed by atoms with E-state index in [1.807, 2.05) is 24.3 Å². The molecule has 0 spiro atoms. The van der Waals surface area contributed by atoms with Crippen LogP contribution in [0.2, 0.25) is 0 Å². The molecule has 2 atom stereocenters. The number of hydrogen-bond donors (Lipinski definition) is 3. The third-order valence-electron chi connectivity index (χ3n) is 6.07. The molecular formula is C20H26ClN3O2. The summed E-state index contributed by atoms with van der Waals surface area (Å²) in [6, 6.07) is 9.53. The number of nitrogens with one attached hydrogen (secondary N) is 2. The maximum absolute atomic E-state index is 12.7. The number of aromatic amines is 1. The Morgan fingerprint density at radius 2 is 1.88 bits per heavy atom. The molecule has 140 valence electrons. The standard InChI is InChI=1S/C20H25N3O2.ClH/c21-19-12-4-3-5-13(19)9-14(8-12)20(25)22-11-15-10-18(24)23-17-7-2-1-6-16(15)17;/h1-2,6-7,10,12-14,19H,3-5,8-9,11,21H2,(H,22,25)(H,23,24);1H. The summed E-state index contributed by atoms with van der Waals surface area (Å²) in [5.74, 6) is 1.14. The first-order valence-corrected chi connectivity index (χ1v) is 9.26. The van der Waals surface area contributed by atoms with E-state index in [-0.39, 0.29) is 35.8 Å². The van der Waals surface area contributed by atoms with Gasteiger partial charge in [0.2, 0.25) is 11.5 Å². The molecule has 5 nitrogen and oxygen atoms in total. The van der Waals surface area contributed by atoms with Crippen LogP contribution in [0.4, 0.5) is 0 Å². The highest BCUT2D eigenvalue weighted by atomic mass is 35.5. The Hall–Kier alpha value is -1.85. The lowest BCUT2D eigenvalue weighted by Gasteiger charge is -2.43. The molecular weight excluding hydrogens is 350 g/mol. The first kappa shape index (κ1) is 18.9. The second-order valence-corrected chi connectivity index (χ2v) is 7.62. The van der Waals surface area contributed by atoms with Crippen LogP contribution in [0.25, 0.3) is 10.9 Å².